The first-order valence-electron chi connectivity index (χ1n) is 9.25. The fraction of sp³-hybridized carbons (Fsp3) is 0.600. The number of amides is 1. The number of carbonyl (C=O) groups is 3. The van der Waals surface area contributed by atoms with Crippen LogP contribution in [-0.2, 0) is 19.1 Å². The molecule has 1 aliphatic rings. The smallest absolute Gasteiger partial charge is 0.329 e. The van der Waals surface area contributed by atoms with Gasteiger partial charge >= 0.3 is 5.97 Å². The van der Waals surface area contributed by atoms with Crippen LogP contribution in [0.15, 0.2) is 24.5 Å². The van der Waals surface area contributed by atoms with E-state index in [9.17, 15) is 14.4 Å². The summed E-state index contributed by atoms with van der Waals surface area (Å²) in [6, 6.07) is 2.92. The Morgan fingerprint density at radius 1 is 1.31 bits per heavy atom. The molecule has 0 spiro atoms. The van der Waals surface area contributed by atoms with E-state index in [1.165, 1.54) is 4.90 Å². The van der Waals surface area contributed by atoms with Crippen molar-refractivity contribution in [1.82, 2.24) is 9.88 Å². The van der Waals surface area contributed by atoms with E-state index in [1.54, 1.807) is 32.3 Å². The monoisotopic (exact) mass is 360 g/mol. The highest BCUT2D eigenvalue weighted by Crippen LogP contribution is 2.35. The lowest BCUT2D eigenvalue weighted by Gasteiger charge is -2.29. The number of nitrogens with zero attached hydrogens (tertiary/aromatic N) is 2. The van der Waals surface area contributed by atoms with Gasteiger partial charge in [-0.1, -0.05) is 33.8 Å². The molecule has 0 bridgehead atoms. The van der Waals surface area contributed by atoms with Gasteiger partial charge in [-0.2, -0.15) is 0 Å². The number of Topliss-reactive ketones (excluding diaryl/α,β-unsaturated/α-hetero) is 1. The maximum Gasteiger partial charge on any atom is 0.329 e. The van der Waals surface area contributed by atoms with Crippen LogP contribution in [0.2, 0.25) is 0 Å². The molecular weight excluding hydrogens is 332 g/mol. The topological polar surface area (TPSA) is 76.6 Å². The van der Waals surface area contributed by atoms with Crippen LogP contribution in [0, 0.1) is 5.41 Å². The van der Waals surface area contributed by atoms with Crippen LogP contribution in [-0.4, -0.2) is 46.7 Å². The normalized spacial score (nSPS) is 20.1. The predicted molar refractivity (Wildman–Crippen MR) is 97.4 cm³/mol. The molecule has 0 radical (unpaired) electrons. The first kappa shape index (κ1) is 20.1. The zero-order valence-electron chi connectivity index (χ0n) is 16.0. The van der Waals surface area contributed by atoms with Crippen molar-refractivity contribution >= 4 is 17.7 Å². The van der Waals surface area contributed by atoms with Gasteiger partial charge in [-0.3, -0.25) is 14.6 Å². The van der Waals surface area contributed by atoms with Crippen molar-refractivity contribution < 1.29 is 19.1 Å². The molecule has 142 valence electrons. The number of esters is 1. The summed E-state index contributed by atoms with van der Waals surface area (Å²) in [5.41, 5.74) is 0.130. The minimum Gasteiger partial charge on any atom is -0.464 e. The van der Waals surface area contributed by atoms with Crippen molar-refractivity contribution in [3.05, 3.63) is 30.1 Å². The highest BCUT2D eigenvalue weighted by Gasteiger charge is 2.47. The third-order valence-corrected chi connectivity index (χ3v) is 5.15. The van der Waals surface area contributed by atoms with Crippen LogP contribution in [0.5, 0.6) is 0 Å². The van der Waals surface area contributed by atoms with Crippen molar-refractivity contribution in [2.24, 2.45) is 5.41 Å². The number of hydrogen-bond donors (Lipinski definition) is 0. The second-order valence-electron chi connectivity index (χ2n) is 7.36. The summed E-state index contributed by atoms with van der Waals surface area (Å²) in [4.78, 5) is 43.7. The number of ether oxygens (including phenoxy) is 1. The summed E-state index contributed by atoms with van der Waals surface area (Å²) in [6.07, 6.45) is 5.23. The zero-order valence-corrected chi connectivity index (χ0v) is 16.0. The van der Waals surface area contributed by atoms with Gasteiger partial charge in [0.25, 0.3) is 5.91 Å². The van der Waals surface area contributed by atoms with Gasteiger partial charge in [0.1, 0.15) is 6.04 Å². The number of ketones is 1. The quantitative estimate of drug-likeness (QED) is 0.552. The van der Waals surface area contributed by atoms with Gasteiger partial charge in [0.2, 0.25) is 5.78 Å². The van der Waals surface area contributed by atoms with Crippen LogP contribution in [0.25, 0.3) is 0 Å². The third-order valence-electron chi connectivity index (χ3n) is 5.15. The molecule has 1 aromatic heterocycles. The van der Waals surface area contributed by atoms with E-state index in [0.717, 1.165) is 5.56 Å². The van der Waals surface area contributed by atoms with Crippen LogP contribution < -0.4 is 0 Å². The summed E-state index contributed by atoms with van der Waals surface area (Å²) >= 11 is 0. The van der Waals surface area contributed by atoms with Crippen molar-refractivity contribution in [2.45, 2.75) is 58.9 Å². The molecule has 0 saturated carbocycles. The number of pyridine rings is 1. The Morgan fingerprint density at radius 2 is 2.04 bits per heavy atom. The largest absolute Gasteiger partial charge is 0.464 e. The molecule has 6 heteroatoms. The Kier molecular flexibility index (Phi) is 6.51. The highest BCUT2D eigenvalue weighted by atomic mass is 16.5. The zero-order chi connectivity index (χ0) is 19.3. The molecule has 1 aliphatic heterocycles. The van der Waals surface area contributed by atoms with E-state index in [0.29, 0.717) is 32.4 Å². The second kappa shape index (κ2) is 8.43. The summed E-state index contributed by atoms with van der Waals surface area (Å²) in [6.45, 7) is 7.96. The van der Waals surface area contributed by atoms with Crippen molar-refractivity contribution in [2.75, 3.05) is 13.2 Å². The number of likely N-dealkylation sites (tertiary alicyclic amines) is 1. The molecule has 0 aliphatic carbocycles. The van der Waals surface area contributed by atoms with Crippen LogP contribution in [0.3, 0.4) is 0 Å². The van der Waals surface area contributed by atoms with Gasteiger partial charge in [0.15, 0.2) is 0 Å². The molecule has 2 heterocycles. The van der Waals surface area contributed by atoms with E-state index in [2.05, 4.69) is 4.98 Å². The molecule has 6 nitrogen and oxygen atoms in total. The first-order valence-corrected chi connectivity index (χ1v) is 9.25. The third kappa shape index (κ3) is 4.11. The van der Waals surface area contributed by atoms with E-state index >= 15 is 0 Å². The maximum absolute atomic E-state index is 12.9. The van der Waals surface area contributed by atoms with Crippen molar-refractivity contribution in [3.63, 3.8) is 0 Å². The van der Waals surface area contributed by atoms with Crippen molar-refractivity contribution in [1.29, 1.82) is 0 Å². The van der Waals surface area contributed by atoms with Gasteiger partial charge in [0.05, 0.1) is 6.61 Å². The Morgan fingerprint density at radius 3 is 2.62 bits per heavy atom. The average Bonchev–Trinajstić information content (AvgIpc) is 3.10. The minimum atomic E-state index is -0.783. The van der Waals surface area contributed by atoms with Gasteiger partial charge in [-0.15, -0.1) is 0 Å². The number of aromatic nitrogens is 1. The Balaban J connectivity index is 2.31. The first-order chi connectivity index (χ1) is 12.3. The molecule has 26 heavy (non-hydrogen) atoms. The highest BCUT2D eigenvalue weighted by molar-refractivity contribution is 6.38. The SMILES string of the molecule is CCCOC(=O)[C@@H]1[C@H](c2cccnc2)CCN1C(=O)C(=O)C(C)(C)CC. The Labute approximate surface area is 154 Å². The fourth-order valence-electron chi connectivity index (χ4n) is 3.12. The molecular formula is C20H28N2O4. The standard InChI is InChI=1S/C20H28N2O4/c1-5-12-26-19(25)16-15(14-8-7-10-21-13-14)9-11-22(16)18(24)17(23)20(3,4)6-2/h7-8,10,13,15-16H,5-6,9,11-12H2,1-4H3/t15-,16-/m0/s1. The lowest BCUT2D eigenvalue weighted by Crippen LogP contribution is -2.49. The molecule has 0 N–H and O–H groups in total. The molecule has 1 aromatic rings. The molecule has 0 aromatic carbocycles. The van der Waals surface area contributed by atoms with Gasteiger partial charge in [-0.05, 0) is 30.9 Å². The maximum atomic E-state index is 12.9. The lowest BCUT2D eigenvalue weighted by atomic mass is 9.84. The molecule has 1 saturated heterocycles. The summed E-state index contributed by atoms with van der Waals surface area (Å²) in [5, 5.41) is 0. The summed E-state index contributed by atoms with van der Waals surface area (Å²) in [7, 11) is 0. The predicted octanol–water partition coefficient (Wildman–Crippen LogP) is 2.72. The summed E-state index contributed by atoms with van der Waals surface area (Å²) < 4.78 is 5.33. The van der Waals surface area contributed by atoms with E-state index < -0.39 is 29.1 Å². The van der Waals surface area contributed by atoms with Crippen LogP contribution in [0.4, 0.5) is 0 Å². The van der Waals surface area contributed by atoms with E-state index in [4.69, 9.17) is 4.74 Å². The summed E-state index contributed by atoms with van der Waals surface area (Å²) in [5.74, 6) is -1.72. The Bertz CT molecular complexity index is 657. The molecule has 0 unspecified atom stereocenters. The molecule has 1 fully saturated rings. The van der Waals surface area contributed by atoms with Gasteiger partial charge < -0.3 is 9.64 Å². The van der Waals surface area contributed by atoms with E-state index in [-0.39, 0.29) is 5.92 Å². The Hall–Kier alpha value is -2.24. The number of rotatable bonds is 7. The molecule has 2 rings (SSSR count). The van der Waals surface area contributed by atoms with E-state index in [1.807, 2.05) is 19.9 Å². The lowest BCUT2D eigenvalue weighted by molar-refractivity contribution is -0.157. The molecule has 1 amide bonds. The van der Waals surface area contributed by atoms with Gasteiger partial charge in [0, 0.05) is 30.3 Å². The number of carbonyl (C=O) groups excluding carboxylic acids is 3. The minimum absolute atomic E-state index is 0.213. The second-order valence-corrected chi connectivity index (χ2v) is 7.36. The van der Waals surface area contributed by atoms with Crippen molar-refractivity contribution in [3.8, 4) is 0 Å². The van der Waals surface area contributed by atoms with Gasteiger partial charge in [-0.25, -0.2) is 4.79 Å². The molecule has 2 atom stereocenters. The average molecular weight is 360 g/mol. The fourth-order valence-corrected chi connectivity index (χ4v) is 3.12. The van der Waals surface area contributed by atoms with Crippen LogP contribution >= 0.6 is 0 Å². The van der Waals surface area contributed by atoms with Crippen LogP contribution in [0.1, 0.15) is 58.4 Å². The number of hydrogen-bond acceptors (Lipinski definition) is 5.